The van der Waals surface area contributed by atoms with Gasteiger partial charge in [-0.15, -0.1) is 0 Å². The van der Waals surface area contributed by atoms with Crippen LogP contribution in [0.2, 0.25) is 0 Å². The Bertz CT molecular complexity index is 1320. The summed E-state index contributed by atoms with van der Waals surface area (Å²) in [4.78, 5) is 27.6. The van der Waals surface area contributed by atoms with E-state index >= 15 is 0 Å². The van der Waals surface area contributed by atoms with Gasteiger partial charge >= 0.3 is 0 Å². The molecule has 0 unspecified atom stereocenters. The van der Waals surface area contributed by atoms with E-state index in [2.05, 4.69) is 32.1 Å². The Morgan fingerprint density at radius 1 is 1.32 bits per heavy atom. The van der Waals surface area contributed by atoms with E-state index in [4.69, 9.17) is 9.47 Å². The Kier molecular flexibility index (Phi) is 6.99. The molecule has 37 heavy (non-hydrogen) atoms. The molecule has 2 fully saturated rings. The van der Waals surface area contributed by atoms with Crippen molar-refractivity contribution in [2.75, 3.05) is 20.3 Å². The fourth-order valence-corrected chi connectivity index (χ4v) is 4.85. The molecule has 0 spiro atoms. The van der Waals surface area contributed by atoms with Gasteiger partial charge in [-0.05, 0) is 57.2 Å². The Labute approximate surface area is 214 Å². The maximum Gasteiger partial charge on any atom is 0.263 e. The summed E-state index contributed by atoms with van der Waals surface area (Å²) in [6, 6.07) is 4.57. The number of likely N-dealkylation sites (tertiary alicyclic amines) is 1. The minimum Gasteiger partial charge on any atom is -0.503 e. The molecule has 2 aliphatic rings. The van der Waals surface area contributed by atoms with Gasteiger partial charge in [0.25, 0.3) is 12.3 Å². The second kappa shape index (κ2) is 10.4. The van der Waals surface area contributed by atoms with Crippen molar-refractivity contribution in [1.29, 1.82) is 0 Å². The van der Waals surface area contributed by atoms with Crippen LogP contribution in [-0.4, -0.2) is 58.1 Å². The predicted octanol–water partition coefficient (Wildman–Crippen LogP) is 4.97. The minimum atomic E-state index is -2.63. The number of amides is 1. The highest BCUT2D eigenvalue weighted by molar-refractivity contribution is 6.09. The molecule has 3 aromatic rings. The lowest BCUT2D eigenvalue weighted by molar-refractivity contribution is 0.0939. The number of aromatic nitrogens is 3. The highest BCUT2D eigenvalue weighted by Gasteiger charge is 2.30. The number of methoxy groups -OCH3 is 1. The zero-order chi connectivity index (χ0) is 26.1. The van der Waals surface area contributed by atoms with Crippen LogP contribution in [0.5, 0.6) is 5.75 Å². The molecule has 1 aromatic carbocycles. The number of benzene rings is 1. The fraction of sp³-hybridized carbons (Fsp3) is 0.444. The number of rotatable bonds is 9. The van der Waals surface area contributed by atoms with E-state index in [1.54, 1.807) is 26.4 Å². The number of hydrogen-bond acceptors (Lipinski definition) is 6. The summed E-state index contributed by atoms with van der Waals surface area (Å²) in [6.07, 6.45) is 5.23. The van der Waals surface area contributed by atoms with Crippen LogP contribution in [0.3, 0.4) is 0 Å². The predicted molar refractivity (Wildman–Crippen MR) is 135 cm³/mol. The number of nitrogens with zero attached hydrogens (tertiary/aromatic N) is 3. The summed E-state index contributed by atoms with van der Waals surface area (Å²) >= 11 is 0. The first kappa shape index (κ1) is 25.0. The van der Waals surface area contributed by atoms with Crippen LogP contribution in [0.25, 0.3) is 22.3 Å². The SMILES string of the molecule is COC=CN1C[C@@H](NC(=O)c2c(C)[nH]c3c(-c4cc(C(F)F)ccc4OCC4CC4)ncnc23)C[C@@H]1C. The van der Waals surface area contributed by atoms with Gasteiger partial charge < -0.3 is 24.7 Å². The molecule has 196 valence electrons. The van der Waals surface area contributed by atoms with Crippen LogP contribution in [0, 0.1) is 12.8 Å². The summed E-state index contributed by atoms with van der Waals surface area (Å²) in [5.74, 6) is 0.740. The molecular weight excluding hydrogens is 480 g/mol. The van der Waals surface area contributed by atoms with Gasteiger partial charge in [0, 0.05) is 41.6 Å². The summed E-state index contributed by atoms with van der Waals surface area (Å²) in [5, 5.41) is 3.13. The van der Waals surface area contributed by atoms with E-state index in [0.29, 0.717) is 58.4 Å². The molecule has 0 radical (unpaired) electrons. The molecule has 2 aromatic heterocycles. The lowest BCUT2D eigenvalue weighted by atomic mass is 10.0. The zero-order valence-corrected chi connectivity index (χ0v) is 21.1. The molecule has 10 heteroatoms. The van der Waals surface area contributed by atoms with Gasteiger partial charge in [-0.1, -0.05) is 0 Å². The van der Waals surface area contributed by atoms with Crippen molar-refractivity contribution in [3.63, 3.8) is 0 Å². The van der Waals surface area contributed by atoms with E-state index in [-0.39, 0.29) is 23.6 Å². The molecule has 2 N–H and O–H groups in total. The lowest BCUT2D eigenvalue weighted by Gasteiger charge is -2.17. The van der Waals surface area contributed by atoms with Gasteiger partial charge in [-0.25, -0.2) is 18.7 Å². The van der Waals surface area contributed by atoms with E-state index in [0.717, 1.165) is 19.3 Å². The number of H-pyrrole nitrogens is 1. The first-order valence-corrected chi connectivity index (χ1v) is 12.5. The van der Waals surface area contributed by atoms with Crippen LogP contribution < -0.4 is 10.1 Å². The summed E-state index contributed by atoms with van der Waals surface area (Å²) in [7, 11) is 1.60. The van der Waals surface area contributed by atoms with Crippen molar-refractivity contribution in [2.24, 2.45) is 5.92 Å². The van der Waals surface area contributed by atoms with Gasteiger partial charge in [-0.2, -0.15) is 0 Å². The van der Waals surface area contributed by atoms with Crippen LogP contribution in [-0.2, 0) is 4.74 Å². The van der Waals surface area contributed by atoms with Crippen LogP contribution in [0.1, 0.15) is 54.2 Å². The van der Waals surface area contributed by atoms with E-state index in [1.165, 1.54) is 18.5 Å². The average Bonchev–Trinajstić information content (AvgIpc) is 3.55. The first-order chi connectivity index (χ1) is 17.9. The third-order valence-electron chi connectivity index (χ3n) is 7.03. The number of fused-ring (bicyclic) bond motifs is 1. The van der Waals surface area contributed by atoms with E-state index in [1.807, 2.05) is 6.20 Å². The van der Waals surface area contributed by atoms with Crippen molar-refractivity contribution in [2.45, 2.75) is 51.6 Å². The number of carbonyl (C=O) groups is 1. The molecule has 8 nitrogen and oxygen atoms in total. The zero-order valence-electron chi connectivity index (χ0n) is 21.1. The molecule has 1 saturated heterocycles. The number of carbonyl (C=O) groups excluding carboxylic acids is 1. The van der Waals surface area contributed by atoms with Crippen molar-refractivity contribution in [1.82, 2.24) is 25.2 Å². The molecular formula is C27H31F2N5O3. The smallest absolute Gasteiger partial charge is 0.263 e. The van der Waals surface area contributed by atoms with E-state index < -0.39 is 6.43 Å². The van der Waals surface area contributed by atoms with Crippen molar-refractivity contribution in [3.8, 4) is 17.0 Å². The Hall–Kier alpha value is -3.69. The van der Waals surface area contributed by atoms with Gasteiger partial charge in [-0.3, -0.25) is 4.79 Å². The maximum atomic E-state index is 13.6. The van der Waals surface area contributed by atoms with Crippen LogP contribution in [0.4, 0.5) is 8.78 Å². The van der Waals surface area contributed by atoms with Crippen molar-refractivity contribution in [3.05, 3.63) is 53.8 Å². The quantitative estimate of drug-likeness (QED) is 0.394. The average molecular weight is 512 g/mol. The van der Waals surface area contributed by atoms with E-state index in [9.17, 15) is 13.6 Å². The number of hydrogen-bond donors (Lipinski definition) is 2. The molecule has 5 rings (SSSR count). The van der Waals surface area contributed by atoms with Crippen molar-refractivity contribution < 1.29 is 23.0 Å². The Balaban J connectivity index is 1.46. The first-order valence-electron chi connectivity index (χ1n) is 12.5. The number of aromatic amines is 1. The normalized spacial score (nSPS) is 19.8. The van der Waals surface area contributed by atoms with Gasteiger partial charge in [0.1, 0.15) is 23.3 Å². The van der Waals surface area contributed by atoms with Gasteiger partial charge in [0.2, 0.25) is 0 Å². The number of alkyl halides is 2. The maximum absolute atomic E-state index is 13.6. The number of ether oxygens (including phenoxy) is 2. The monoisotopic (exact) mass is 511 g/mol. The summed E-state index contributed by atoms with van der Waals surface area (Å²) in [5.41, 5.74) is 2.75. The number of aryl methyl sites for hydroxylation is 1. The molecule has 2 atom stereocenters. The molecule has 3 heterocycles. The highest BCUT2D eigenvalue weighted by Crippen LogP contribution is 2.38. The van der Waals surface area contributed by atoms with Crippen LogP contribution >= 0.6 is 0 Å². The summed E-state index contributed by atoms with van der Waals surface area (Å²) < 4.78 is 38.2. The third kappa shape index (κ3) is 5.23. The van der Waals surface area contributed by atoms with Crippen molar-refractivity contribution >= 4 is 16.9 Å². The molecule has 0 bridgehead atoms. The lowest BCUT2D eigenvalue weighted by Crippen LogP contribution is -2.36. The fourth-order valence-electron chi connectivity index (χ4n) is 4.85. The minimum absolute atomic E-state index is 0.0418. The van der Waals surface area contributed by atoms with Gasteiger partial charge in [0.15, 0.2) is 0 Å². The standard InChI is InChI=1S/C27H31F2N5O3/c1-15-10-19(12-34(15)8-9-36-3)33-27(35)22-16(2)32-25-23(30-14-31-24(22)25)20-11-18(26(28)29)6-7-21(20)37-13-17-4-5-17/h6-9,11,14-15,17,19,26,32H,4-5,10,12-13H2,1-3H3,(H,33,35)/t15-,19-/m0/s1. The third-order valence-corrected chi connectivity index (χ3v) is 7.03. The number of nitrogens with one attached hydrogen (secondary N) is 2. The Morgan fingerprint density at radius 3 is 2.86 bits per heavy atom. The largest absolute Gasteiger partial charge is 0.503 e. The Morgan fingerprint density at radius 2 is 2.14 bits per heavy atom. The van der Waals surface area contributed by atoms with Gasteiger partial charge in [0.05, 0.1) is 31.1 Å². The second-order valence-corrected chi connectivity index (χ2v) is 9.85. The number of halogens is 2. The summed E-state index contributed by atoms with van der Waals surface area (Å²) in [6.45, 7) is 5.09. The molecule has 1 aliphatic heterocycles. The molecule has 1 aliphatic carbocycles. The highest BCUT2D eigenvalue weighted by atomic mass is 19.3. The molecule has 1 amide bonds. The van der Waals surface area contributed by atoms with Crippen LogP contribution in [0.15, 0.2) is 37.0 Å². The molecule has 1 saturated carbocycles. The second-order valence-electron chi connectivity index (χ2n) is 9.85. The topological polar surface area (TPSA) is 92.4 Å².